The van der Waals surface area contributed by atoms with E-state index in [0.29, 0.717) is 16.0 Å². The number of halogens is 4. The first kappa shape index (κ1) is 30.9. The van der Waals surface area contributed by atoms with E-state index in [4.69, 9.17) is 4.74 Å². The highest BCUT2D eigenvalue weighted by Gasteiger charge is 2.53. The molecule has 2 aliphatic carbocycles. The second-order valence-corrected chi connectivity index (χ2v) is 15.4. The number of likely N-dealkylation sites (N-methyl/N-ethyl adjacent to an activating group) is 1. The first-order chi connectivity index (χ1) is 19.5. The number of carboxylic acids is 1. The van der Waals surface area contributed by atoms with Gasteiger partial charge in [-0.1, -0.05) is 6.07 Å². The highest BCUT2D eigenvalue weighted by Crippen LogP contribution is 2.64. The Labute approximate surface area is 247 Å². The van der Waals surface area contributed by atoms with Gasteiger partial charge in [0, 0.05) is 43.1 Å². The molecule has 230 valence electrons. The number of hydrogen-bond donors (Lipinski definition) is 1. The third-order valence-electron chi connectivity index (χ3n) is 8.43. The minimum atomic E-state index is -4.31. The summed E-state index contributed by atoms with van der Waals surface area (Å²) in [4.78, 5) is 13.3. The van der Waals surface area contributed by atoms with Crippen molar-refractivity contribution in [2.75, 3.05) is 25.1 Å². The molecule has 0 radical (unpaired) electrons. The van der Waals surface area contributed by atoms with Gasteiger partial charge < -0.3 is 14.7 Å². The van der Waals surface area contributed by atoms with E-state index in [2.05, 4.69) is 0 Å². The number of nitrogens with zero attached hydrogens (tertiary/aromatic N) is 2. The smallest absolute Gasteiger partial charge is 0.344 e. The molecule has 1 heterocycles. The summed E-state index contributed by atoms with van der Waals surface area (Å²) in [6.07, 6.45) is 3.53. The Morgan fingerprint density at radius 3 is 2.45 bits per heavy atom. The topological polar surface area (TPSA) is 87.2 Å². The summed E-state index contributed by atoms with van der Waals surface area (Å²) in [6, 6.07) is 7.53. The van der Waals surface area contributed by atoms with Crippen molar-refractivity contribution in [1.29, 1.82) is 0 Å². The molecule has 2 atom stereocenters. The maximum Gasteiger partial charge on any atom is 0.344 e. The highest BCUT2D eigenvalue weighted by atomic mass is 32.2. The third kappa shape index (κ3) is 6.37. The number of carbonyl (C=O) groups is 1. The second-order valence-electron chi connectivity index (χ2n) is 12.1. The normalized spacial score (nSPS) is 23.0. The Hall–Kier alpha value is -2.51. The minimum absolute atomic E-state index is 0.00957. The molecule has 1 aliphatic heterocycles. The number of benzene rings is 2. The van der Waals surface area contributed by atoms with E-state index >= 15 is 0 Å². The molecule has 2 aromatic carbocycles. The Balaban J connectivity index is 1.62. The average Bonchev–Trinajstić information content (AvgIpc) is 3.68. The third-order valence-corrected chi connectivity index (χ3v) is 11.6. The number of alkyl halides is 3. The fourth-order valence-corrected chi connectivity index (χ4v) is 8.75. The number of hydrogen-bond acceptors (Lipinski definition) is 6. The molecule has 0 bridgehead atoms. The van der Waals surface area contributed by atoms with E-state index in [1.165, 1.54) is 43.1 Å². The number of fused-ring (bicyclic) bond motifs is 1. The predicted molar refractivity (Wildman–Crippen MR) is 152 cm³/mol. The fraction of sp³-hybridized carbons (Fsp3) is 0.552. The van der Waals surface area contributed by atoms with Gasteiger partial charge >= 0.3 is 5.97 Å². The maximum absolute atomic E-state index is 14.7. The highest BCUT2D eigenvalue weighted by molar-refractivity contribution is 8.00. The van der Waals surface area contributed by atoms with Crippen molar-refractivity contribution in [2.24, 2.45) is 5.41 Å². The molecular weight excluding hydrogens is 596 g/mol. The molecule has 1 N–H and O–H groups in total. The van der Waals surface area contributed by atoms with Gasteiger partial charge in [-0.05, 0) is 75.6 Å². The second kappa shape index (κ2) is 10.9. The molecule has 13 heteroatoms. The summed E-state index contributed by atoms with van der Waals surface area (Å²) in [6.45, 7) is 0.743. The summed E-state index contributed by atoms with van der Waals surface area (Å²) >= 11 is 1.45. The van der Waals surface area contributed by atoms with E-state index in [9.17, 15) is 35.9 Å². The number of aliphatic carboxylic acids is 1. The lowest BCUT2D eigenvalue weighted by Crippen LogP contribution is -2.41. The van der Waals surface area contributed by atoms with E-state index in [1.807, 2.05) is 0 Å². The van der Waals surface area contributed by atoms with Crippen molar-refractivity contribution in [3.8, 4) is 5.75 Å². The molecule has 7 nitrogen and oxygen atoms in total. The van der Waals surface area contributed by atoms with Crippen LogP contribution in [0.15, 0.2) is 46.2 Å². The van der Waals surface area contributed by atoms with Crippen molar-refractivity contribution in [2.45, 2.75) is 85.0 Å². The van der Waals surface area contributed by atoms with Crippen molar-refractivity contribution in [1.82, 2.24) is 4.31 Å². The summed E-state index contributed by atoms with van der Waals surface area (Å²) in [5.74, 6) is -5.29. The molecule has 42 heavy (non-hydrogen) atoms. The first-order valence-corrected chi connectivity index (χ1v) is 16.1. The molecule has 1 unspecified atom stereocenters. The Morgan fingerprint density at radius 2 is 1.86 bits per heavy atom. The van der Waals surface area contributed by atoms with Gasteiger partial charge in [0.2, 0.25) is 21.6 Å². The number of anilines is 2. The zero-order chi connectivity index (χ0) is 30.7. The van der Waals surface area contributed by atoms with Crippen LogP contribution in [-0.2, 0) is 14.8 Å². The molecular formula is C29H34F4N2O5S2. The molecule has 2 fully saturated rings. The number of rotatable bonds is 10. The molecule has 0 amide bonds. The fourth-order valence-electron chi connectivity index (χ4n) is 5.54. The van der Waals surface area contributed by atoms with Crippen LogP contribution < -0.4 is 9.64 Å². The van der Waals surface area contributed by atoms with Crippen LogP contribution in [0.5, 0.6) is 5.75 Å². The Kier molecular flexibility index (Phi) is 8.02. The quantitative estimate of drug-likeness (QED) is 0.295. The van der Waals surface area contributed by atoms with E-state index in [0.717, 1.165) is 43.8 Å². The van der Waals surface area contributed by atoms with Crippen LogP contribution in [0.4, 0.5) is 28.9 Å². The van der Waals surface area contributed by atoms with Crippen LogP contribution >= 0.6 is 11.8 Å². The molecule has 2 aromatic rings. The van der Waals surface area contributed by atoms with Gasteiger partial charge in [-0.2, -0.15) is 4.31 Å². The zero-order valence-corrected chi connectivity index (χ0v) is 25.2. The lowest BCUT2D eigenvalue weighted by molar-refractivity contribution is -0.151. The number of thioether (sulfide) groups is 1. The molecule has 2 saturated carbocycles. The van der Waals surface area contributed by atoms with Crippen molar-refractivity contribution in [3.63, 3.8) is 0 Å². The summed E-state index contributed by atoms with van der Waals surface area (Å²) in [7, 11) is -3.00. The zero-order valence-electron chi connectivity index (χ0n) is 23.6. The Morgan fingerprint density at radius 1 is 1.17 bits per heavy atom. The van der Waals surface area contributed by atoms with Gasteiger partial charge in [-0.3, -0.25) is 0 Å². The molecule has 0 aromatic heterocycles. The number of ether oxygens (including phenoxy) is 1. The van der Waals surface area contributed by atoms with E-state index < -0.39 is 52.5 Å². The Bertz CT molecular complexity index is 1470. The summed E-state index contributed by atoms with van der Waals surface area (Å²) in [5, 5.41) is 9.46. The van der Waals surface area contributed by atoms with E-state index in [-0.39, 0.29) is 34.5 Å². The number of carboxylic acid groups (broad SMARTS) is 1. The van der Waals surface area contributed by atoms with E-state index in [1.54, 1.807) is 17.0 Å². The van der Waals surface area contributed by atoms with Gasteiger partial charge in [0.15, 0.2) is 0 Å². The monoisotopic (exact) mass is 630 g/mol. The number of sulfonamides is 1. The van der Waals surface area contributed by atoms with Crippen LogP contribution in [0.25, 0.3) is 0 Å². The van der Waals surface area contributed by atoms with Crippen LogP contribution in [0.2, 0.25) is 0 Å². The van der Waals surface area contributed by atoms with Crippen molar-refractivity contribution >= 4 is 39.1 Å². The van der Waals surface area contributed by atoms with Crippen molar-refractivity contribution in [3.05, 3.63) is 42.2 Å². The summed E-state index contributed by atoms with van der Waals surface area (Å²) in [5.41, 5.74) is -1.83. The lowest BCUT2D eigenvalue weighted by atomic mass is 9.81. The summed E-state index contributed by atoms with van der Waals surface area (Å²) < 4.78 is 91.5. The molecule has 3 aliphatic rings. The van der Waals surface area contributed by atoms with Gasteiger partial charge in [0.1, 0.15) is 23.1 Å². The minimum Gasteiger partial charge on any atom is -0.488 e. The molecule has 0 saturated heterocycles. The average molecular weight is 631 g/mol. The van der Waals surface area contributed by atoms with Gasteiger partial charge in [0.05, 0.1) is 10.6 Å². The first-order valence-electron chi connectivity index (χ1n) is 13.8. The van der Waals surface area contributed by atoms with Gasteiger partial charge in [-0.25, -0.2) is 30.8 Å². The van der Waals surface area contributed by atoms with Crippen LogP contribution in [0.1, 0.15) is 52.4 Å². The van der Waals surface area contributed by atoms with Gasteiger partial charge in [-0.15, -0.1) is 11.8 Å². The predicted octanol–water partition coefficient (Wildman–Crippen LogP) is 6.63. The van der Waals surface area contributed by atoms with Crippen LogP contribution in [-0.4, -0.2) is 66.9 Å². The molecule has 5 rings (SSSR count). The molecule has 1 spiro atoms. The maximum atomic E-state index is 14.7. The largest absolute Gasteiger partial charge is 0.488 e. The van der Waals surface area contributed by atoms with Crippen LogP contribution in [0, 0.1) is 11.2 Å². The van der Waals surface area contributed by atoms with Gasteiger partial charge in [0.25, 0.3) is 0 Å². The SMILES string of the molecule is CN1[C@H](CCC(C)(F)F)CN(c2cccc(F)c2)c2cc(SC3CC4(CC4)C3)c(OCC(C)(F)C(=O)O)cc2S1(=O)=O. The standard InChI is InChI=1S/C29H34F4N2O5S2/c1-27(31,26(36)37)17-40-23-13-25-22(12-24(23)41-21-14-29(15-21)9-10-29)35(19-6-4-5-18(30)11-19)16-20(7-8-28(2,32)33)34(3)42(25,38)39/h4-6,11-13,20-21H,7-10,14-17H2,1-3H3,(H,36,37)/t20-,27?/m1/s1. The lowest BCUT2D eigenvalue weighted by Gasteiger charge is -2.36. The van der Waals surface area contributed by atoms with Crippen molar-refractivity contribution < 1.29 is 40.6 Å². The van der Waals surface area contributed by atoms with Crippen LogP contribution in [0.3, 0.4) is 0 Å².